The summed E-state index contributed by atoms with van der Waals surface area (Å²) in [7, 11) is 0. The Kier molecular flexibility index (Phi) is 4.49. The molecule has 0 saturated heterocycles. The van der Waals surface area contributed by atoms with Gasteiger partial charge in [-0.25, -0.2) is 9.18 Å². The predicted octanol–water partition coefficient (Wildman–Crippen LogP) is 4.95. The van der Waals surface area contributed by atoms with Crippen molar-refractivity contribution in [3.8, 4) is 5.75 Å². The van der Waals surface area contributed by atoms with Gasteiger partial charge in [-0.2, -0.15) is 0 Å². The van der Waals surface area contributed by atoms with Gasteiger partial charge < -0.3 is 9.15 Å². The standard InChI is InChI=1S/C22H21FO3/c1-2-4-15-11-19-17-5-3-6-18(17)22(24)26-21(19)12-20(15)25-13-14-7-9-16(23)10-8-14/h7-12H,2-6,13H2,1H3. The number of benzene rings is 2. The fourth-order valence-electron chi connectivity index (χ4n) is 3.69. The third kappa shape index (κ3) is 3.12. The summed E-state index contributed by atoms with van der Waals surface area (Å²) < 4.78 is 24.6. The molecule has 0 N–H and O–H groups in total. The molecule has 1 aliphatic carbocycles. The molecule has 0 aliphatic heterocycles. The van der Waals surface area contributed by atoms with E-state index in [1.54, 1.807) is 12.1 Å². The van der Waals surface area contributed by atoms with Crippen molar-refractivity contribution in [1.29, 1.82) is 0 Å². The first-order chi connectivity index (χ1) is 12.7. The molecule has 0 saturated carbocycles. The Morgan fingerprint density at radius 2 is 1.88 bits per heavy atom. The first kappa shape index (κ1) is 16.8. The van der Waals surface area contributed by atoms with Gasteiger partial charge >= 0.3 is 5.63 Å². The maximum Gasteiger partial charge on any atom is 0.339 e. The molecule has 4 rings (SSSR count). The van der Waals surface area contributed by atoms with Crippen LogP contribution in [0.5, 0.6) is 5.75 Å². The second-order valence-corrected chi connectivity index (χ2v) is 6.82. The Balaban J connectivity index is 1.73. The van der Waals surface area contributed by atoms with Crippen LogP contribution in [-0.2, 0) is 25.9 Å². The summed E-state index contributed by atoms with van der Waals surface area (Å²) in [6, 6.07) is 10.2. The molecule has 2 aromatic carbocycles. The fraction of sp³-hybridized carbons (Fsp3) is 0.318. The van der Waals surface area contributed by atoms with E-state index in [0.717, 1.165) is 65.5 Å². The Morgan fingerprint density at radius 3 is 2.65 bits per heavy atom. The van der Waals surface area contributed by atoms with Gasteiger partial charge in [0.05, 0.1) is 0 Å². The first-order valence-electron chi connectivity index (χ1n) is 9.14. The van der Waals surface area contributed by atoms with Crippen LogP contribution in [0.3, 0.4) is 0 Å². The zero-order valence-corrected chi connectivity index (χ0v) is 14.8. The average molecular weight is 352 g/mol. The van der Waals surface area contributed by atoms with Crippen LogP contribution in [-0.4, -0.2) is 0 Å². The average Bonchev–Trinajstić information content (AvgIpc) is 3.13. The lowest BCUT2D eigenvalue weighted by molar-refractivity contribution is 0.302. The molecule has 0 amide bonds. The Morgan fingerprint density at radius 1 is 1.12 bits per heavy atom. The summed E-state index contributed by atoms with van der Waals surface area (Å²) in [5.74, 6) is 0.464. The number of ether oxygens (including phenoxy) is 1. The number of hydrogen-bond donors (Lipinski definition) is 0. The van der Waals surface area contributed by atoms with Crippen LogP contribution in [0.1, 0.15) is 42.0 Å². The third-order valence-corrected chi connectivity index (χ3v) is 4.98. The van der Waals surface area contributed by atoms with Crippen molar-refractivity contribution in [3.05, 3.63) is 74.9 Å². The summed E-state index contributed by atoms with van der Waals surface area (Å²) in [6.45, 7) is 2.47. The van der Waals surface area contributed by atoms with Crippen molar-refractivity contribution in [2.75, 3.05) is 0 Å². The molecule has 3 nitrogen and oxygen atoms in total. The topological polar surface area (TPSA) is 39.4 Å². The summed E-state index contributed by atoms with van der Waals surface area (Å²) in [5, 5.41) is 1.04. The lowest BCUT2D eigenvalue weighted by Gasteiger charge is -2.14. The molecule has 0 fully saturated rings. The molecular formula is C22H21FO3. The van der Waals surface area contributed by atoms with E-state index in [9.17, 15) is 9.18 Å². The number of rotatable bonds is 5. The molecule has 0 spiro atoms. The van der Waals surface area contributed by atoms with Crippen molar-refractivity contribution in [3.63, 3.8) is 0 Å². The highest BCUT2D eigenvalue weighted by atomic mass is 19.1. The molecule has 0 unspecified atom stereocenters. The second kappa shape index (κ2) is 6.94. The van der Waals surface area contributed by atoms with E-state index in [0.29, 0.717) is 12.2 Å². The Bertz CT molecular complexity index is 1000. The first-order valence-corrected chi connectivity index (χ1v) is 9.14. The maximum absolute atomic E-state index is 13.1. The summed E-state index contributed by atoms with van der Waals surface area (Å²) in [6.07, 6.45) is 4.63. The SMILES string of the molecule is CCCc1cc2c3c(c(=O)oc2cc1OCc1ccc(F)cc1)CCC3. The molecule has 3 aromatic rings. The van der Waals surface area contributed by atoms with Crippen LogP contribution in [0.25, 0.3) is 11.0 Å². The minimum Gasteiger partial charge on any atom is -0.488 e. The molecule has 0 radical (unpaired) electrons. The van der Waals surface area contributed by atoms with E-state index in [2.05, 4.69) is 13.0 Å². The van der Waals surface area contributed by atoms with Gasteiger partial charge in [-0.1, -0.05) is 25.5 Å². The highest BCUT2D eigenvalue weighted by Gasteiger charge is 2.21. The monoisotopic (exact) mass is 352 g/mol. The van der Waals surface area contributed by atoms with Crippen LogP contribution in [0.4, 0.5) is 4.39 Å². The Hall–Kier alpha value is -2.62. The highest BCUT2D eigenvalue weighted by Crippen LogP contribution is 2.33. The van der Waals surface area contributed by atoms with Crippen LogP contribution in [0.15, 0.2) is 45.6 Å². The van der Waals surface area contributed by atoms with E-state index in [-0.39, 0.29) is 11.4 Å². The van der Waals surface area contributed by atoms with E-state index in [1.165, 1.54) is 12.1 Å². The van der Waals surface area contributed by atoms with Gasteiger partial charge in [-0.15, -0.1) is 0 Å². The van der Waals surface area contributed by atoms with Crippen molar-refractivity contribution >= 4 is 11.0 Å². The number of halogens is 1. The molecule has 1 aliphatic rings. The molecule has 4 heteroatoms. The van der Waals surface area contributed by atoms with Crippen molar-refractivity contribution < 1.29 is 13.5 Å². The second-order valence-electron chi connectivity index (χ2n) is 6.82. The molecule has 0 bridgehead atoms. The normalized spacial score (nSPS) is 13.2. The van der Waals surface area contributed by atoms with E-state index in [4.69, 9.17) is 9.15 Å². The molecule has 0 atom stereocenters. The summed E-state index contributed by atoms with van der Waals surface area (Å²) in [5.41, 5.74) is 4.34. The largest absolute Gasteiger partial charge is 0.488 e. The summed E-state index contributed by atoms with van der Waals surface area (Å²) in [4.78, 5) is 12.2. The molecule has 26 heavy (non-hydrogen) atoms. The molecular weight excluding hydrogens is 331 g/mol. The van der Waals surface area contributed by atoms with Gasteiger partial charge in [0.2, 0.25) is 0 Å². The molecule has 134 valence electrons. The lowest BCUT2D eigenvalue weighted by Crippen LogP contribution is -2.07. The number of aryl methyl sites for hydroxylation is 2. The smallest absolute Gasteiger partial charge is 0.339 e. The number of fused-ring (bicyclic) bond motifs is 3. The zero-order valence-electron chi connectivity index (χ0n) is 14.8. The van der Waals surface area contributed by atoms with Gasteiger partial charge in [0, 0.05) is 17.0 Å². The van der Waals surface area contributed by atoms with Crippen LogP contribution < -0.4 is 10.4 Å². The van der Waals surface area contributed by atoms with Gasteiger partial charge in [0.25, 0.3) is 0 Å². The van der Waals surface area contributed by atoms with Gasteiger partial charge in [0.1, 0.15) is 23.8 Å². The molecule has 1 heterocycles. The quantitative estimate of drug-likeness (QED) is 0.610. The maximum atomic E-state index is 13.1. The minimum atomic E-state index is -0.262. The van der Waals surface area contributed by atoms with Gasteiger partial charge in [0.15, 0.2) is 0 Å². The van der Waals surface area contributed by atoms with Gasteiger partial charge in [-0.3, -0.25) is 0 Å². The van der Waals surface area contributed by atoms with Crippen molar-refractivity contribution in [2.24, 2.45) is 0 Å². The molecule has 1 aromatic heterocycles. The Labute approximate surface area is 151 Å². The van der Waals surface area contributed by atoms with Crippen molar-refractivity contribution in [2.45, 2.75) is 45.6 Å². The van der Waals surface area contributed by atoms with Crippen LogP contribution in [0.2, 0.25) is 0 Å². The fourth-order valence-corrected chi connectivity index (χ4v) is 3.69. The lowest BCUT2D eigenvalue weighted by atomic mass is 10.0. The number of hydrogen-bond acceptors (Lipinski definition) is 3. The van der Waals surface area contributed by atoms with Crippen molar-refractivity contribution in [1.82, 2.24) is 0 Å². The predicted molar refractivity (Wildman–Crippen MR) is 99.2 cm³/mol. The third-order valence-electron chi connectivity index (χ3n) is 4.98. The minimum absolute atomic E-state index is 0.224. The highest BCUT2D eigenvalue weighted by molar-refractivity contribution is 5.84. The van der Waals surface area contributed by atoms with Crippen LogP contribution >= 0.6 is 0 Å². The zero-order chi connectivity index (χ0) is 18.1. The van der Waals surface area contributed by atoms with E-state index < -0.39 is 0 Å². The van der Waals surface area contributed by atoms with E-state index in [1.807, 2.05) is 6.07 Å². The van der Waals surface area contributed by atoms with Gasteiger partial charge in [-0.05, 0) is 60.6 Å². The summed E-state index contributed by atoms with van der Waals surface area (Å²) >= 11 is 0. The van der Waals surface area contributed by atoms with E-state index >= 15 is 0 Å². The van der Waals surface area contributed by atoms with Crippen LogP contribution in [0, 0.1) is 5.82 Å².